The summed E-state index contributed by atoms with van der Waals surface area (Å²) in [5, 5.41) is 9.44. The average Bonchev–Trinajstić information content (AvgIpc) is 3.02. The second-order valence-electron chi connectivity index (χ2n) is 4.97. The fraction of sp³-hybridized carbons (Fsp3) is 1.00. The SMILES string of the molecule is CCCC(C)N(C)C(CO)C(N)C1CC1. The minimum atomic E-state index is 0.138. The Morgan fingerprint density at radius 2 is 2.07 bits per heavy atom. The van der Waals surface area contributed by atoms with Crippen LogP contribution in [0.1, 0.15) is 39.5 Å². The third kappa shape index (κ3) is 3.44. The molecule has 3 nitrogen and oxygen atoms in total. The number of nitrogens with two attached hydrogens (primary N) is 1. The van der Waals surface area contributed by atoms with Gasteiger partial charge in [-0.15, -0.1) is 0 Å². The smallest absolute Gasteiger partial charge is 0.0602 e. The van der Waals surface area contributed by atoms with E-state index in [-0.39, 0.29) is 18.7 Å². The number of rotatable bonds is 7. The molecule has 1 saturated carbocycles. The summed E-state index contributed by atoms with van der Waals surface area (Å²) in [7, 11) is 2.09. The number of hydrogen-bond acceptors (Lipinski definition) is 3. The molecule has 3 atom stereocenters. The molecule has 0 spiro atoms. The van der Waals surface area contributed by atoms with Crippen LogP contribution >= 0.6 is 0 Å². The van der Waals surface area contributed by atoms with Crippen LogP contribution in [0, 0.1) is 5.92 Å². The second-order valence-corrected chi connectivity index (χ2v) is 4.97. The fourth-order valence-electron chi connectivity index (χ4n) is 2.27. The van der Waals surface area contributed by atoms with Crippen molar-refractivity contribution in [1.29, 1.82) is 0 Å². The molecule has 0 heterocycles. The topological polar surface area (TPSA) is 49.5 Å². The Labute approximate surface area is 93.6 Å². The highest BCUT2D eigenvalue weighted by Crippen LogP contribution is 2.34. The van der Waals surface area contributed by atoms with Gasteiger partial charge in [-0.3, -0.25) is 4.90 Å². The number of hydrogen-bond donors (Lipinski definition) is 2. The molecule has 3 heteroatoms. The van der Waals surface area contributed by atoms with Crippen molar-refractivity contribution in [2.45, 2.75) is 57.7 Å². The first kappa shape index (κ1) is 12.9. The summed E-state index contributed by atoms with van der Waals surface area (Å²) in [6.45, 7) is 4.59. The largest absolute Gasteiger partial charge is 0.395 e. The summed E-state index contributed by atoms with van der Waals surface area (Å²) in [5.74, 6) is 0.651. The van der Waals surface area contributed by atoms with Crippen LogP contribution in [0.2, 0.25) is 0 Å². The number of aliphatic hydroxyl groups is 1. The standard InChI is InChI=1S/C12H26N2O/c1-4-5-9(2)14(3)11(8-15)12(13)10-6-7-10/h9-12,15H,4-8,13H2,1-3H3. The van der Waals surface area contributed by atoms with E-state index in [1.165, 1.54) is 25.7 Å². The Morgan fingerprint density at radius 1 is 1.47 bits per heavy atom. The van der Waals surface area contributed by atoms with Crippen LogP contribution < -0.4 is 5.73 Å². The highest BCUT2D eigenvalue weighted by molar-refractivity contribution is 4.93. The van der Waals surface area contributed by atoms with E-state index < -0.39 is 0 Å². The summed E-state index contributed by atoms with van der Waals surface area (Å²) in [5.41, 5.74) is 6.17. The second kappa shape index (κ2) is 5.83. The van der Waals surface area contributed by atoms with E-state index in [0.717, 1.165) is 0 Å². The molecular formula is C12H26N2O. The molecule has 1 aliphatic rings. The number of aliphatic hydroxyl groups excluding tert-OH is 1. The van der Waals surface area contributed by atoms with Gasteiger partial charge in [0.2, 0.25) is 0 Å². The first-order valence-corrected chi connectivity index (χ1v) is 6.20. The zero-order valence-electron chi connectivity index (χ0n) is 10.3. The van der Waals surface area contributed by atoms with Crippen LogP contribution in [-0.2, 0) is 0 Å². The maximum atomic E-state index is 9.44. The molecule has 15 heavy (non-hydrogen) atoms. The van der Waals surface area contributed by atoms with Crippen molar-refractivity contribution in [3.05, 3.63) is 0 Å². The Balaban J connectivity index is 2.47. The summed E-state index contributed by atoms with van der Waals surface area (Å²) in [6, 6.07) is 0.801. The lowest BCUT2D eigenvalue weighted by Gasteiger charge is -2.35. The molecule has 0 saturated heterocycles. The zero-order valence-corrected chi connectivity index (χ0v) is 10.3. The van der Waals surface area contributed by atoms with E-state index in [0.29, 0.717) is 12.0 Å². The van der Waals surface area contributed by atoms with Crippen molar-refractivity contribution < 1.29 is 5.11 Å². The van der Waals surface area contributed by atoms with Gasteiger partial charge in [0.1, 0.15) is 0 Å². The van der Waals surface area contributed by atoms with Gasteiger partial charge in [-0.05, 0) is 39.2 Å². The Bertz CT molecular complexity index is 182. The van der Waals surface area contributed by atoms with Gasteiger partial charge < -0.3 is 10.8 Å². The lowest BCUT2D eigenvalue weighted by molar-refractivity contribution is 0.0877. The summed E-state index contributed by atoms with van der Waals surface area (Å²) < 4.78 is 0. The van der Waals surface area contributed by atoms with Gasteiger partial charge in [-0.25, -0.2) is 0 Å². The van der Waals surface area contributed by atoms with Crippen molar-refractivity contribution in [3.63, 3.8) is 0 Å². The molecule has 3 N–H and O–H groups in total. The van der Waals surface area contributed by atoms with Gasteiger partial charge in [-0.2, -0.15) is 0 Å². The van der Waals surface area contributed by atoms with Crippen LogP contribution in [0.4, 0.5) is 0 Å². The molecule has 0 aliphatic heterocycles. The molecule has 3 unspecified atom stereocenters. The van der Waals surface area contributed by atoms with Gasteiger partial charge >= 0.3 is 0 Å². The molecule has 0 amide bonds. The van der Waals surface area contributed by atoms with Crippen molar-refractivity contribution in [2.24, 2.45) is 11.7 Å². The normalized spacial score (nSPS) is 22.8. The Kier molecular flexibility index (Phi) is 5.03. The monoisotopic (exact) mass is 214 g/mol. The van der Waals surface area contributed by atoms with Gasteiger partial charge in [0.25, 0.3) is 0 Å². The van der Waals surface area contributed by atoms with E-state index in [1.54, 1.807) is 0 Å². The maximum absolute atomic E-state index is 9.44. The molecule has 0 aromatic heterocycles. The number of likely N-dealkylation sites (N-methyl/N-ethyl adjacent to an activating group) is 1. The van der Waals surface area contributed by atoms with Gasteiger partial charge in [0.15, 0.2) is 0 Å². The van der Waals surface area contributed by atoms with Crippen molar-refractivity contribution >= 4 is 0 Å². The summed E-state index contributed by atoms with van der Waals surface area (Å²) in [4.78, 5) is 2.26. The highest BCUT2D eigenvalue weighted by atomic mass is 16.3. The molecule has 1 aliphatic carbocycles. The van der Waals surface area contributed by atoms with Crippen molar-refractivity contribution in [3.8, 4) is 0 Å². The van der Waals surface area contributed by atoms with Gasteiger partial charge in [0, 0.05) is 18.1 Å². The van der Waals surface area contributed by atoms with Crippen LogP contribution in [0.25, 0.3) is 0 Å². The predicted molar refractivity (Wildman–Crippen MR) is 63.7 cm³/mol. The van der Waals surface area contributed by atoms with Crippen molar-refractivity contribution in [2.75, 3.05) is 13.7 Å². The first-order chi connectivity index (χ1) is 7.11. The Hall–Kier alpha value is -0.120. The molecule has 0 aromatic carbocycles. The third-order valence-corrected chi connectivity index (χ3v) is 3.72. The quantitative estimate of drug-likeness (QED) is 0.669. The minimum Gasteiger partial charge on any atom is -0.395 e. The Morgan fingerprint density at radius 3 is 2.47 bits per heavy atom. The van der Waals surface area contributed by atoms with Gasteiger partial charge in [0.05, 0.1) is 6.61 Å². The summed E-state index contributed by atoms with van der Waals surface area (Å²) in [6.07, 6.45) is 4.84. The lowest BCUT2D eigenvalue weighted by atomic mass is 10.0. The zero-order chi connectivity index (χ0) is 11.4. The van der Waals surface area contributed by atoms with Crippen LogP contribution in [0.3, 0.4) is 0 Å². The molecular weight excluding hydrogens is 188 g/mol. The fourth-order valence-corrected chi connectivity index (χ4v) is 2.27. The average molecular weight is 214 g/mol. The van der Waals surface area contributed by atoms with E-state index in [1.807, 2.05) is 0 Å². The maximum Gasteiger partial charge on any atom is 0.0602 e. The highest BCUT2D eigenvalue weighted by Gasteiger charge is 2.36. The lowest BCUT2D eigenvalue weighted by Crippen LogP contribution is -2.52. The number of nitrogens with zero attached hydrogens (tertiary/aromatic N) is 1. The van der Waals surface area contributed by atoms with Gasteiger partial charge in [-0.1, -0.05) is 13.3 Å². The molecule has 90 valence electrons. The van der Waals surface area contributed by atoms with Crippen molar-refractivity contribution in [1.82, 2.24) is 4.90 Å². The molecule has 1 rings (SSSR count). The predicted octanol–water partition coefficient (Wildman–Crippen LogP) is 1.21. The minimum absolute atomic E-state index is 0.138. The van der Waals surface area contributed by atoms with Crippen LogP contribution in [0.5, 0.6) is 0 Å². The van der Waals surface area contributed by atoms with E-state index in [2.05, 4.69) is 25.8 Å². The van der Waals surface area contributed by atoms with Crippen LogP contribution in [0.15, 0.2) is 0 Å². The van der Waals surface area contributed by atoms with Crippen LogP contribution in [-0.4, -0.2) is 41.8 Å². The third-order valence-electron chi connectivity index (χ3n) is 3.72. The first-order valence-electron chi connectivity index (χ1n) is 6.20. The molecule has 0 bridgehead atoms. The van der Waals surface area contributed by atoms with E-state index in [9.17, 15) is 5.11 Å². The molecule has 0 aromatic rings. The van der Waals surface area contributed by atoms with E-state index in [4.69, 9.17) is 5.73 Å². The molecule has 0 radical (unpaired) electrons. The van der Waals surface area contributed by atoms with E-state index >= 15 is 0 Å². The molecule has 1 fully saturated rings. The summed E-state index contributed by atoms with van der Waals surface area (Å²) >= 11 is 0.